The van der Waals surface area contributed by atoms with Crippen LogP contribution in [0.1, 0.15) is 23.3 Å². The number of H-pyrrole nitrogens is 1. The first kappa shape index (κ1) is 9.48. The highest BCUT2D eigenvalue weighted by atomic mass is 79.9. The van der Waals surface area contributed by atoms with Gasteiger partial charge in [-0.05, 0) is 34.5 Å². The van der Waals surface area contributed by atoms with Crippen molar-refractivity contribution in [3.05, 3.63) is 22.4 Å². The van der Waals surface area contributed by atoms with E-state index >= 15 is 0 Å². The normalized spacial score (nSPS) is 10.2. The SMILES string of the molecule is O=C(CCCO)c1ccc(Br)[nH]1. The average Bonchev–Trinajstić information content (AvgIpc) is 2.47. The number of ketones is 1. The van der Waals surface area contributed by atoms with Crippen LogP contribution in [0.5, 0.6) is 0 Å². The summed E-state index contributed by atoms with van der Waals surface area (Å²) in [6.07, 6.45) is 0.916. The highest BCUT2D eigenvalue weighted by Gasteiger charge is 2.06. The smallest absolute Gasteiger partial charge is 0.179 e. The van der Waals surface area contributed by atoms with Gasteiger partial charge < -0.3 is 10.1 Å². The maximum atomic E-state index is 11.3. The summed E-state index contributed by atoms with van der Waals surface area (Å²) in [5.41, 5.74) is 0.593. The monoisotopic (exact) mass is 231 g/mol. The third kappa shape index (κ3) is 2.46. The van der Waals surface area contributed by atoms with E-state index in [1.807, 2.05) is 0 Å². The molecule has 0 aliphatic heterocycles. The van der Waals surface area contributed by atoms with E-state index in [0.717, 1.165) is 4.60 Å². The van der Waals surface area contributed by atoms with Gasteiger partial charge in [0.2, 0.25) is 0 Å². The first-order valence-corrected chi connectivity index (χ1v) is 4.52. The van der Waals surface area contributed by atoms with Gasteiger partial charge in [-0.2, -0.15) is 0 Å². The van der Waals surface area contributed by atoms with Gasteiger partial charge in [0.25, 0.3) is 0 Å². The standard InChI is InChI=1S/C8H10BrNO2/c9-8-4-3-6(10-8)7(12)2-1-5-11/h3-4,10-11H,1-2,5H2. The number of hydrogen-bond acceptors (Lipinski definition) is 2. The average molecular weight is 232 g/mol. The van der Waals surface area contributed by atoms with E-state index in [-0.39, 0.29) is 12.4 Å². The van der Waals surface area contributed by atoms with E-state index in [0.29, 0.717) is 18.5 Å². The van der Waals surface area contributed by atoms with Crippen LogP contribution >= 0.6 is 15.9 Å². The van der Waals surface area contributed by atoms with E-state index in [1.165, 1.54) is 0 Å². The summed E-state index contributed by atoms with van der Waals surface area (Å²) in [5.74, 6) is 0.0368. The Kier molecular flexibility index (Phi) is 3.49. The molecule has 12 heavy (non-hydrogen) atoms. The van der Waals surface area contributed by atoms with E-state index < -0.39 is 0 Å². The van der Waals surface area contributed by atoms with Crippen molar-refractivity contribution in [2.45, 2.75) is 12.8 Å². The fraction of sp³-hybridized carbons (Fsp3) is 0.375. The number of carbonyl (C=O) groups is 1. The number of aromatic nitrogens is 1. The van der Waals surface area contributed by atoms with Gasteiger partial charge in [0.15, 0.2) is 5.78 Å². The molecule has 1 rings (SSSR count). The number of rotatable bonds is 4. The Balaban J connectivity index is 2.53. The highest BCUT2D eigenvalue weighted by molar-refractivity contribution is 9.10. The van der Waals surface area contributed by atoms with Crippen molar-refractivity contribution in [2.24, 2.45) is 0 Å². The van der Waals surface area contributed by atoms with Crippen molar-refractivity contribution in [3.8, 4) is 0 Å². The zero-order chi connectivity index (χ0) is 8.97. The number of carbonyl (C=O) groups excluding carboxylic acids is 1. The Labute approximate surface area is 78.9 Å². The fourth-order valence-electron chi connectivity index (χ4n) is 0.905. The molecule has 0 aromatic carbocycles. The molecule has 3 nitrogen and oxygen atoms in total. The van der Waals surface area contributed by atoms with Crippen molar-refractivity contribution in [1.82, 2.24) is 4.98 Å². The Morgan fingerprint density at radius 2 is 2.33 bits per heavy atom. The minimum absolute atomic E-state index is 0.0368. The van der Waals surface area contributed by atoms with E-state index in [9.17, 15) is 4.79 Å². The molecule has 2 N–H and O–H groups in total. The van der Waals surface area contributed by atoms with Crippen molar-refractivity contribution in [2.75, 3.05) is 6.61 Å². The molecule has 1 aromatic rings. The number of aliphatic hydroxyl groups is 1. The molecule has 0 atom stereocenters. The molecule has 0 unspecified atom stereocenters. The summed E-state index contributed by atoms with van der Waals surface area (Å²) >= 11 is 3.21. The van der Waals surface area contributed by atoms with Crippen molar-refractivity contribution in [3.63, 3.8) is 0 Å². The van der Waals surface area contributed by atoms with E-state index in [1.54, 1.807) is 12.1 Å². The minimum atomic E-state index is 0.0368. The van der Waals surface area contributed by atoms with Crippen LogP contribution in [0, 0.1) is 0 Å². The van der Waals surface area contributed by atoms with Crippen LogP contribution in [-0.4, -0.2) is 22.5 Å². The van der Waals surface area contributed by atoms with Crippen molar-refractivity contribution >= 4 is 21.7 Å². The Bertz CT molecular complexity index is 270. The quantitative estimate of drug-likeness (QED) is 0.776. The summed E-state index contributed by atoms with van der Waals surface area (Å²) < 4.78 is 0.801. The second-order valence-electron chi connectivity index (χ2n) is 2.47. The summed E-state index contributed by atoms with van der Waals surface area (Å²) in [6, 6.07) is 3.51. The summed E-state index contributed by atoms with van der Waals surface area (Å²) in [6.45, 7) is 0.0631. The van der Waals surface area contributed by atoms with Gasteiger partial charge in [-0.3, -0.25) is 4.79 Å². The molecule has 66 valence electrons. The fourth-order valence-corrected chi connectivity index (χ4v) is 1.25. The molecule has 0 aliphatic rings. The summed E-state index contributed by atoms with van der Waals surface area (Å²) in [7, 11) is 0. The minimum Gasteiger partial charge on any atom is -0.396 e. The predicted octanol–water partition coefficient (Wildman–Crippen LogP) is 1.73. The zero-order valence-corrected chi connectivity index (χ0v) is 8.10. The van der Waals surface area contributed by atoms with Gasteiger partial charge in [0, 0.05) is 13.0 Å². The molecule has 0 spiro atoms. The highest BCUT2D eigenvalue weighted by Crippen LogP contribution is 2.10. The van der Waals surface area contributed by atoms with Gasteiger partial charge in [-0.15, -0.1) is 0 Å². The van der Waals surface area contributed by atoms with Gasteiger partial charge in [0.05, 0.1) is 10.3 Å². The topological polar surface area (TPSA) is 53.1 Å². The summed E-state index contributed by atoms with van der Waals surface area (Å²) in [4.78, 5) is 14.1. The predicted molar refractivity (Wildman–Crippen MR) is 49.1 cm³/mol. The Morgan fingerprint density at radius 3 is 2.83 bits per heavy atom. The van der Waals surface area contributed by atoms with Crippen molar-refractivity contribution in [1.29, 1.82) is 0 Å². The molecular formula is C8H10BrNO2. The van der Waals surface area contributed by atoms with Crippen LogP contribution in [0.25, 0.3) is 0 Å². The van der Waals surface area contributed by atoms with Crippen LogP contribution in [0.4, 0.5) is 0 Å². The zero-order valence-electron chi connectivity index (χ0n) is 6.51. The molecular weight excluding hydrogens is 222 g/mol. The number of aromatic amines is 1. The Morgan fingerprint density at radius 1 is 1.58 bits per heavy atom. The third-order valence-corrected chi connectivity index (χ3v) is 1.98. The molecule has 0 amide bonds. The Hall–Kier alpha value is -0.610. The second kappa shape index (κ2) is 4.42. The molecule has 0 bridgehead atoms. The third-order valence-electron chi connectivity index (χ3n) is 1.51. The van der Waals surface area contributed by atoms with E-state index in [4.69, 9.17) is 5.11 Å². The molecule has 0 saturated carbocycles. The number of Topliss-reactive ketones (excluding diaryl/α,β-unsaturated/α-hetero) is 1. The first-order chi connectivity index (χ1) is 5.74. The van der Waals surface area contributed by atoms with Crippen LogP contribution in [0.2, 0.25) is 0 Å². The van der Waals surface area contributed by atoms with Crippen molar-refractivity contribution < 1.29 is 9.90 Å². The number of halogens is 1. The molecule has 0 fully saturated rings. The van der Waals surface area contributed by atoms with Gasteiger partial charge in [0.1, 0.15) is 0 Å². The summed E-state index contributed by atoms with van der Waals surface area (Å²) in [5, 5.41) is 8.50. The molecule has 0 aliphatic carbocycles. The largest absolute Gasteiger partial charge is 0.396 e. The van der Waals surface area contributed by atoms with E-state index in [2.05, 4.69) is 20.9 Å². The lowest BCUT2D eigenvalue weighted by molar-refractivity contribution is 0.0967. The first-order valence-electron chi connectivity index (χ1n) is 3.72. The van der Waals surface area contributed by atoms with Gasteiger partial charge in [-0.25, -0.2) is 0 Å². The lowest BCUT2D eigenvalue weighted by Crippen LogP contribution is -2.00. The molecule has 1 heterocycles. The molecule has 1 aromatic heterocycles. The molecule has 4 heteroatoms. The molecule has 0 saturated heterocycles. The number of nitrogens with one attached hydrogen (secondary N) is 1. The lowest BCUT2D eigenvalue weighted by atomic mass is 10.2. The van der Waals surface area contributed by atoms with Crippen LogP contribution in [0.15, 0.2) is 16.7 Å². The van der Waals surface area contributed by atoms with Crippen LogP contribution in [0.3, 0.4) is 0 Å². The van der Waals surface area contributed by atoms with Crippen LogP contribution < -0.4 is 0 Å². The van der Waals surface area contributed by atoms with Crippen LogP contribution in [-0.2, 0) is 0 Å². The lowest BCUT2D eigenvalue weighted by Gasteiger charge is -1.94. The second-order valence-corrected chi connectivity index (χ2v) is 3.32. The maximum Gasteiger partial charge on any atom is 0.179 e. The molecule has 0 radical (unpaired) electrons. The number of hydrogen-bond donors (Lipinski definition) is 2. The maximum absolute atomic E-state index is 11.3. The number of aliphatic hydroxyl groups excluding tert-OH is 1. The van der Waals surface area contributed by atoms with Gasteiger partial charge in [-0.1, -0.05) is 0 Å². The van der Waals surface area contributed by atoms with Gasteiger partial charge >= 0.3 is 0 Å².